The summed E-state index contributed by atoms with van der Waals surface area (Å²) in [5, 5.41) is 9.57. The third-order valence-corrected chi connectivity index (χ3v) is 1.96. The maximum absolute atomic E-state index is 9.57. The van der Waals surface area contributed by atoms with Crippen LogP contribution in [-0.4, -0.2) is 23.4 Å². The van der Waals surface area contributed by atoms with Crippen LogP contribution < -0.4 is 0 Å². The van der Waals surface area contributed by atoms with Crippen molar-refractivity contribution in [2.45, 2.75) is 46.0 Å². The predicted molar refractivity (Wildman–Crippen MR) is 39.8 cm³/mol. The van der Waals surface area contributed by atoms with Gasteiger partial charge in [0.15, 0.2) is 0 Å². The largest absolute Gasteiger partial charge is 0.390 e. The Labute approximate surface area is 62.2 Å². The Morgan fingerprint density at radius 3 is 1.90 bits per heavy atom. The van der Waals surface area contributed by atoms with Crippen LogP contribution in [0.2, 0.25) is 0 Å². The molecule has 1 aliphatic rings. The quantitative estimate of drug-likeness (QED) is 0.560. The lowest BCUT2D eigenvalue weighted by molar-refractivity contribution is 0.0378. The fourth-order valence-corrected chi connectivity index (χ4v) is 1.03. The summed E-state index contributed by atoms with van der Waals surface area (Å²) in [6, 6.07) is 0. The topological polar surface area (TPSA) is 32.8 Å². The van der Waals surface area contributed by atoms with Gasteiger partial charge >= 0.3 is 0 Å². The van der Waals surface area contributed by atoms with Gasteiger partial charge in [-0.3, -0.25) is 0 Å². The van der Waals surface area contributed by atoms with E-state index in [1.54, 1.807) is 0 Å². The van der Waals surface area contributed by atoms with E-state index >= 15 is 0 Å². The molecule has 60 valence electrons. The third-order valence-electron chi connectivity index (χ3n) is 1.96. The van der Waals surface area contributed by atoms with Gasteiger partial charge in [-0.15, -0.1) is 0 Å². The Kier molecular flexibility index (Phi) is 1.77. The van der Waals surface area contributed by atoms with Gasteiger partial charge in [-0.05, 0) is 12.3 Å². The van der Waals surface area contributed by atoms with Crippen LogP contribution >= 0.6 is 0 Å². The highest BCUT2D eigenvalue weighted by molar-refractivity contribution is 4.92. The lowest BCUT2D eigenvalue weighted by Gasteiger charge is -2.24. The molecule has 0 aromatic rings. The number of epoxide rings is 1. The molecule has 0 bridgehead atoms. The predicted octanol–water partition coefficient (Wildman–Crippen LogP) is 1.18. The molecule has 1 aliphatic heterocycles. The zero-order chi connectivity index (χ0) is 7.94. The first-order valence-corrected chi connectivity index (χ1v) is 3.76. The molecule has 2 nitrogen and oxygen atoms in total. The molecular weight excluding hydrogens is 128 g/mol. The molecule has 1 unspecified atom stereocenters. The van der Waals surface area contributed by atoms with Crippen LogP contribution in [0.3, 0.4) is 0 Å². The van der Waals surface area contributed by atoms with E-state index in [1.807, 2.05) is 27.7 Å². The van der Waals surface area contributed by atoms with Crippen molar-refractivity contribution < 1.29 is 9.84 Å². The first-order valence-electron chi connectivity index (χ1n) is 3.76. The van der Waals surface area contributed by atoms with Crippen molar-refractivity contribution in [2.24, 2.45) is 5.41 Å². The van der Waals surface area contributed by atoms with Gasteiger partial charge in [0.2, 0.25) is 0 Å². The summed E-state index contributed by atoms with van der Waals surface area (Å²) in [5.74, 6) is 0. The molecular formula is C8H16O2. The summed E-state index contributed by atoms with van der Waals surface area (Å²) in [7, 11) is 0. The van der Waals surface area contributed by atoms with E-state index in [0.29, 0.717) is 0 Å². The minimum Gasteiger partial charge on any atom is -0.390 e. The monoisotopic (exact) mass is 144 g/mol. The number of aliphatic hydroxyl groups is 1. The standard InChI is InChI=1S/C8H16O2/c1-5-6(10-5)7(9)8(2,3)4/h5-7,9H,1-4H3/t5-,6+,7?/m1/s1. The number of hydrogen-bond acceptors (Lipinski definition) is 2. The van der Waals surface area contributed by atoms with Crippen LogP contribution in [0.1, 0.15) is 27.7 Å². The molecule has 0 aromatic carbocycles. The van der Waals surface area contributed by atoms with Gasteiger partial charge < -0.3 is 9.84 Å². The maximum atomic E-state index is 9.57. The number of rotatable bonds is 1. The van der Waals surface area contributed by atoms with Gasteiger partial charge in [-0.1, -0.05) is 20.8 Å². The lowest BCUT2D eigenvalue weighted by atomic mass is 9.86. The molecule has 1 saturated heterocycles. The van der Waals surface area contributed by atoms with Crippen LogP contribution in [0.5, 0.6) is 0 Å². The molecule has 1 heterocycles. The zero-order valence-corrected chi connectivity index (χ0v) is 7.09. The molecule has 0 aromatic heterocycles. The molecule has 1 N–H and O–H groups in total. The summed E-state index contributed by atoms with van der Waals surface area (Å²) in [5.41, 5.74) is -0.0462. The van der Waals surface area contributed by atoms with E-state index in [9.17, 15) is 5.11 Å². The molecule has 1 rings (SSSR count). The first-order chi connectivity index (χ1) is 4.43. The fraction of sp³-hybridized carbons (Fsp3) is 1.00. The Bertz CT molecular complexity index is 126. The smallest absolute Gasteiger partial charge is 0.110 e. The molecule has 10 heavy (non-hydrogen) atoms. The van der Waals surface area contributed by atoms with Gasteiger partial charge in [0.1, 0.15) is 6.10 Å². The van der Waals surface area contributed by atoms with Crippen molar-refractivity contribution in [1.29, 1.82) is 0 Å². The minimum absolute atomic E-state index is 0.0462. The third kappa shape index (κ3) is 1.50. The summed E-state index contributed by atoms with van der Waals surface area (Å²) in [4.78, 5) is 0. The minimum atomic E-state index is -0.317. The average molecular weight is 144 g/mol. The van der Waals surface area contributed by atoms with E-state index in [4.69, 9.17) is 4.74 Å². The van der Waals surface area contributed by atoms with Crippen molar-refractivity contribution in [3.8, 4) is 0 Å². The highest BCUT2D eigenvalue weighted by Gasteiger charge is 2.45. The van der Waals surface area contributed by atoms with Crippen LogP contribution in [0.15, 0.2) is 0 Å². The molecule has 3 atom stereocenters. The van der Waals surface area contributed by atoms with E-state index in [0.717, 1.165) is 0 Å². The zero-order valence-electron chi connectivity index (χ0n) is 7.09. The van der Waals surface area contributed by atoms with Crippen LogP contribution in [-0.2, 0) is 4.74 Å². The Morgan fingerprint density at radius 2 is 1.80 bits per heavy atom. The lowest BCUT2D eigenvalue weighted by Crippen LogP contribution is -2.31. The fourth-order valence-electron chi connectivity index (χ4n) is 1.03. The first kappa shape index (κ1) is 8.02. The second-order valence-electron chi connectivity index (χ2n) is 4.12. The van der Waals surface area contributed by atoms with Gasteiger partial charge in [0.05, 0.1) is 12.2 Å². The highest BCUT2D eigenvalue weighted by atomic mass is 16.6. The van der Waals surface area contributed by atoms with Crippen molar-refractivity contribution >= 4 is 0 Å². The summed E-state index contributed by atoms with van der Waals surface area (Å²) >= 11 is 0. The summed E-state index contributed by atoms with van der Waals surface area (Å²) in [6.45, 7) is 8.05. The van der Waals surface area contributed by atoms with Crippen molar-refractivity contribution in [3.63, 3.8) is 0 Å². The molecule has 0 saturated carbocycles. The number of ether oxygens (including phenoxy) is 1. The molecule has 0 amide bonds. The van der Waals surface area contributed by atoms with Gasteiger partial charge in [-0.2, -0.15) is 0 Å². The van der Waals surface area contributed by atoms with Crippen LogP contribution in [0.4, 0.5) is 0 Å². The van der Waals surface area contributed by atoms with Crippen LogP contribution in [0, 0.1) is 5.41 Å². The Hall–Kier alpha value is -0.0800. The van der Waals surface area contributed by atoms with E-state index < -0.39 is 0 Å². The van der Waals surface area contributed by atoms with Gasteiger partial charge in [0, 0.05) is 0 Å². The molecule has 2 heteroatoms. The molecule has 0 spiro atoms. The van der Waals surface area contributed by atoms with Gasteiger partial charge in [0.25, 0.3) is 0 Å². The number of hydrogen-bond donors (Lipinski definition) is 1. The second-order valence-corrected chi connectivity index (χ2v) is 4.12. The summed E-state index contributed by atoms with van der Waals surface area (Å²) in [6.07, 6.45) is 0.0247. The average Bonchev–Trinajstić information content (AvgIpc) is 2.42. The maximum Gasteiger partial charge on any atom is 0.110 e. The van der Waals surface area contributed by atoms with E-state index in [-0.39, 0.29) is 23.7 Å². The van der Waals surface area contributed by atoms with Crippen molar-refractivity contribution in [1.82, 2.24) is 0 Å². The van der Waals surface area contributed by atoms with E-state index in [2.05, 4.69) is 0 Å². The number of aliphatic hydroxyl groups excluding tert-OH is 1. The second kappa shape index (κ2) is 2.21. The molecule has 0 radical (unpaired) electrons. The Morgan fingerprint density at radius 1 is 1.40 bits per heavy atom. The van der Waals surface area contributed by atoms with Gasteiger partial charge in [-0.25, -0.2) is 0 Å². The SMILES string of the molecule is C[C@H]1O[C@@H]1C(O)C(C)(C)C. The van der Waals surface area contributed by atoms with Crippen molar-refractivity contribution in [2.75, 3.05) is 0 Å². The Balaban J connectivity index is 2.42. The van der Waals surface area contributed by atoms with Crippen LogP contribution in [0.25, 0.3) is 0 Å². The normalized spacial score (nSPS) is 35.7. The van der Waals surface area contributed by atoms with Crippen molar-refractivity contribution in [3.05, 3.63) is 0 Å². The van der Waals surface area contributed by atoms with E-state index in [1.165, 1.54) is 0 Å². The molecule has 0 aliphatic carbocycles. The summed E-state index contributed by atoms with van der Waals surface area (Å²) < 4.78 is 5.16. The highest BCUT2D eigenvalue weighted by Crippen LogP contribution is 2.33. The molecule has 1 fully saturated rings.